The van der Waals surface area contributed by atoms with E-state index in [1.807, 2.05) is 60.7 Å². The number of ether oxygens (including phenoxy) is 3. The topological polar surface area (TPSA) is 77.1 Å². The zero-order valence-corrected chi connectivity index (χ0v) is 17.4. The highest BCUT2D eigenvalue weighted by Crippen LogP contribution is 2.52. The fourth-order valence-electron chi connectivity index (χ4n) is 4.87. The number of benzene rings is 2. The van der Waals surface area contributed by atoms with Crippen LogP contribution in [0.5, 0.6) is 11.5 Å². The van der Waals surface area contributed by atoms with Crippen LogP contribution in [0, 0.1) is 11.8 Å². The number of hydrogen-bond donors (Lipinski definition) is 1. The standard InChI is InChI=1S/C24H24N2O5/c1-29-17-8-6-16(7-9-17)26-14-24-11-10-19(31-24)20(21(24)23(26)28)22(27)25-13-15-4-3-5-18(12-15)30-2/h3-12,19-21H,13-14H2,1-2H3,(H,25,27)/t19-,20-,21-,24-/m1/s1. The van der Waals surface area contributed by atoms with Gasteiger partial charge in [-0.25, -0.2) is 0 Å². The van der Waals surface area contributed by atoms with E-state index in [-0.39, 0.29) is 17.9 Å². The number of methoxy groups -OCH3 is 2. The Morgan fingerprint density at radius 1 is 1.16 bits per heavy atom. The van der Waals surface area contributed by atoms with Crippen molar-refractivity contribution in [2.75, 3.05) is 25.7 Å². The van der Waals surface area contributed by atoms with Gasteiger partial charge in [-0.2, -0.15) is 0 Å². The molecule has 2 bridgehead atoms. The van der Waals surface area contributed by atoms with Gasteiger partial charge in [0.2, 0.25) is 11.8 Å². The summed E-state index contributed by atoms with van der Waals surface area (Å²) in [5.74, 6) is 0.118. The van der Waals surface area contributed by atoms with E-state index in [0.29, 0.717) is 13.1 Å². The van der Waals surface area contributed by atoms with Crippen LogP contribution >= 0.6 is 0 Å². The van der Waals surface area contributed by atoms with Gasteiger partial charge < -0.3 is 24.4 Å². The number of rotatable bonds is 6. The van der Waals surface area contributed by atoms with Crippen LogP contribution in [0.15, 0.2) is 60.7 Å². The molecule has 1 spiro atoms. The highest BCUT2D eigenvalue weighted by molar-refractivity contribution is 6.03. The fourth-order valence-corrected chi connectivity index (χ4v) is 4.87. The lowest BCUT2D eigenvalue weighted by molar-refractivity contribution is -0.132. The first kappa shape index (κ1) is 19.6. The van der Waals surface area contributed by atoms with E-state index < -0.39 is 17.4 Å². The maximum absolute atomic E-state index is 13.4. The van der Waals surface area contributed by atoms with E-state index in [2.05, 4.69) is 5.32 Å². The molecule has 3 aliphatic heterocycles. The van der Waals surface area contributed by atoms with Crippen LogP contribution in [0.3, 0.4) is 0 Å². The summed E-state index contributed by atoms with van der Waals surface area (Å²) < 4.78 is 16.6. The van der Waals surface area contributed by atoms with Gasteiger partial charge in [-0.05, 0) is 42.0 Å². The Morgan fingerprint density at radius 3 is 2.68 bits per heavy atom. The van der Waals surface area contributed by atoms with E-state index in [9.17, 15) is 9.59 Å². The lowest BCUT2D eigenvalue weighted by Crippen LogP contribution is -2.43. The minimum atomic E-state index is -0.750. The van der Waals surface area contributed by atoms with Gasteiger partial charge in [0.15, 0.2) is 0 Å². The molecule has 2 amide bonds. The quantitative estimate of drug-likeness (QED) is 0.726. The number of amides is 2. The lowest BCUT2D eigenvalue weighted by atomic mass is 9.77. The van der Waals surface area contributed by atoms with Gasteiger partial charge in [0.1, 0.15) is 17.1 Å². The Morgan fingerprint density at radius 2 is 1.94 bits per heavy atom. The van der Waals surface area contributed by atoms with Crippen molar-refractivity contribution in [3.8, 4) is 11.5 Å². The van der Waals surface area contributed by atoms with Crippen LogP contribution in [0.1, 0.15) is 5.56 Å². The van der Waals surface area contributed by atoms with Crippen molar-refractivity contribution in [2.45, 2.75) is 18.2 Å². The summed E-state index contributed by atoms with van der Waals surface area (Å²) in [6, 6.07) is 14.9. The second kappa shape index (κ2) is 7.42. The first-order valence-corrected chi connectivity index (χ1v) is 10.3. The maximum Gasteiger partial charge on any atom is 0.234 e. The zero-order valence-electron chi connectivity index (χ0n) is 17.4. The molecule has 3 heterocycles. The van der Waals surface area contributed by atoms with Gasteiger partial charge in [0.25, 0.3) is 0 Å². The molecule has 1 N–H and O–H groups in total. The van der Waals surface area contributed by atoms with Crippen molar-refractivity contribution in [3.05, 3.63) is 66.2 Å². The van der Waals surface area contributed by atoms with Crippen LogP contribution in [0.2, 0.25) is 0 Å². The van der Waals surface area contributed by atoms with Gasteiger partial charge >= 0.3 is 0 Å². The molecule has 0 radical (unpaired) electrons. The van der Waals surface area contributed by atoms with Crippen molar-refractivity contribution in [2.24, 2.45) is 11.8 Å². The van der Waals surface area contributed by atoms with E-state index >= 15 is 0 Å². The molecule has 2 fully saturated rings. The highest BCUT2D eigenvalue weighted by Gasteiger charge is 2.67. The first-order valence-electron chi connectivity index (χ1n) is 10.3. The van der Waals surface area contributed by atoms with Gasteiger partial charge in [-0.3, -0.25) is 9.59 Å². The van der Waals surface area contributed by atoms with E-state index in [1.54, 1.807) is 19.1 Å². The van der Waals surface area contributed by atoms with E-state index in [0.717, 1.165) is 22.7 Å². The van der Waals surface area contributed by atoms with Crippen LogP contribution < -0.4 is 19.7 Å². The third-order valence-electron chi connectivity index (χ3n) is 6.39. The van der Waals surface area contributed by atoms with Gasteiger partial charge in [0, 0.05) is 12.2 Å². The minimum Gasteiger partial charge on any atom is -0.497 e. The Kier molecular flexibility index (Phi) is 4.70. The third kappa shape index (κ3) is 3.16. The van der Waals surface area contributed by atoms with Crippen molar-refractivity contribution in [1.82, 2.24) is 5.32 Å². The molecular weight excluding hydrogens is 396 g/mol. The molecule has 2 aromatic carbocycles. The summed E-state index contributed by atoms with van der Waals surface area (Å²) >= 11 is 0. The van der Waals surface area contributed by atoms with E-state index in [4.69, 9.17) is 14.2 Å². The molecule has 0 saturated carbocycles. The average Bonchev–Trinajstić information content (AvgIpc) is 3.46. The van der Waals surface area contributed by atoms with Crippen LogP contribution in [-0.2, 0) is 20.9 Å². The second-order valence-corrected chi connectivity index (χ2v) is 8.09. The smallest absolute Gasteiger partial charge is 0.234 e. The van der Waals surface area contributed by atoms with Crippen molar-refractivity contribution in [3.63, 3.8) is 0 Å². The fraction of sp³-hybridized carbons (Fsp3) is 0.333. The molecule has 0 unspecified atom stereocenters. The molecule has 7 nitrogen and oxygen atoms in total. The summed E-state index contributed by atoms with van der Waals surface area (Å²) in [6.45, 7) is 0.758. The summed E-state index contributed by atoms with van der Waals surface area (Å²) in [7, 11) is 3.21. The average molecular weight is 420 g/mol. The Bertz CT molecular complexity index is 1050. The molecule has 0 aromatic heterocycles. The summed E-state index contributed by atoms with van der Waals surface area (Å²) in [5, 5.41) is 2.98. The monoisotopic (exact) mass is 420 g/mol. The van der Waals surface area contributed by atoms with Crippen molar-refractivity contribution < 1.29 is 23.8 Å². The lowest BCUT2D eigenvalue weighted by Gasteiger charge is -2.23. The maximum atomic E-state index is 13.4. The normalized spacial score (nSPS) is 28.0. The number of hydrogen-bond acceptors (Lipinski definition) is 5. The van der Waals surface area contributed by atoms with Crippen molar-refractivity contribution in [1.29, 1.82) is 0 Å². The number of carbonyl (C=O) groups is 2. The minimum absolute atomic E-state index is 0.0847. The number of nitrogens with one attached hydrogen (secondary N) is 1. The molecular formula is C24H24N2O5. The molecule has 160 valence electrons. The Labute approximate surface area is 180 Å². The summed E-state index contributed by atoms with van der Waals surface area (Å²) in [4.78, 5) is 28.2. The Balaban J connectivity index is 1.34. The number of nitrogens with zero attached hydrogens (tertiary/aromatic N) is 1. The molecule has 0 aliphatic carbocycles. The van der Waals surface area contributed by atoms with Crippen LogP contribution in [-0.4, -0.2) is 44.3 Å². The number of carbonyl (C=O) groups excluding carboxylic acids is 2. The molecule has 5 rings (SSSR count). The zero-order chi connectivity index (χ0) is 21.6. The molecule has 2 saturated heterocycles. The Hall–Kier alpha value is -3.32. The number of anilines is 1. The first-order chi connectivity index (χ1) is 15.0. The van der Waals surface area contributed by atoms with Gasteiger partial charge in [0.05, 0.1) is 38.7 Å². The second-order valence-electron chi connectivity index (χ2n) is 8.09. The van der Waals surface area contributed by atoms with Gasteiger partial charge in [-0.15, -0.1) is 0 Å². The molecule has 3 aliphatic rings. The number of fused-ring (bicyclic) bond motifs is 1. The molecule has 7 heteroatoms. The van der Waals surface area contributed by atoms with Gasteiger partial charge in [-0.1, -0.05) is 24.3 Å². The predicted molar refractivity (Wildman–Crippen MR) is 114 cm³/mol. The van der Waals surface area contributed by atoms with Crippen LogP contribution in [0.25, 0.3) is 0 Å². The van der Waals surface area contributed by atoms with E-state index in [1.165, 1.54) is 0 Å². The molecule has 2 aromatic rings. The van der Waals surface area contributed by atoms with Crippen molar-refractivity contribution >= 4 is 17.5 Å². The summed E-state index contributed by atoms with van der Waals surface area (Å²) in [6.07, 6.45) is 3.49. The molecule has 31 heavy (non-hydrogen) atoms. The van der Waals surface area contributed by atoms with Crippen LogP contribution in [0.4, 0.5) is 5.69 Å². The highest BCUT2D eigenvalue weighted by atomic mass is 16.5. The third-order valence-corrected chi connectivity index (χ3v) is 6.39. The largest absolute Gasteiger partial charge is 0.497 e. The SMILES string of the molecule is COc1ccc(N2C[C@@]34C=C[C@@H](O3)[C@@H](C(=O)NCc3cccc(OC)c3)[C@@H]4C2=O)cc1. The molecule has 4 atom stereocenters. The predicted octanol–water partition coefficient (Wildman–Crippen LogP) is 2.31. The summed E-state index contributed by atoms with van der Waals surface area (Å²) in [5.41, 5.74) is 0.949.